The molecule has 5 heteroatoms. The van der Waals surface area contributed by atoms with Crippen LogP contribution in [0, 0.1) is 0 Å². The lowest BCUT2D eigenvalue weighted by Crippen LogP contribution is -2.30. The molecular formula is C13H17NO4. The molecule has 18 heavy (non-hydrogen) atoms. The first kappa shape index (κ1) is 11.6. The molecule has 1 fully saturated rings. The van der Waals surface area contributed by atoms with E-state index < -0.39 is 0 Å². The predicted molar refractivity (Wildman–Crippen MR) is 66.2 cm³/mol. The normalized spacial score (nSPS) is 22.6. The van der Waals surface area contributed by atoms with Crippen molar-refractivity contribution in [1.82, 2.24) is 0 Å². The molecule has 0 saturated carbocycles. The van der Waals surface area contributed by atoms with Gasteiger partial charge >= 0.3 is 0 Å². The molecule has 0 aromatic heterocycles. The molecule has 2 aliphatic rings. The van der Waals surface area contributed by atoms with Crippen molar-refractivity contribution in [2.45, 2.75) is 12.5 Å². The molecule has 1 atom stereocenters. The number of rotatable bonds is 3. The van der Waals surface area contributed by atoms with E-state index in [9.17, 15) is 0 Å². The van der Waals surface area contributed by atoms with Gasteiger partial charge in [-0.25, -0.2) is 0 Å². The fourth-order valence-corrected chi connectivity index (χ4v) is 2.05. The van der Waals surface area contributed by atoms with E-state index in [0.717, 1.165) is 36.8 Å². The zero-order valence-corrected chi connectivity index (χ0v) is 10.2. The van der Waals surface area contributed by atoms with Gasteiger partial charge in [-0.2, -0.15) is 0 Å². The second-order valence-electron chi connectivity index (χ2n) is 4.34. The number of hydrogen-bond donors (Lipinski definition) is 1. The summed E-state index contributed by atoms with van der Waals surface area (Å²) in [6.45, 7) is 3.18. The quantitative estimate of drug-likeness (QED) is 0.885. The summed E-state index contributed by atoms with van der Waals surface area (Å²) in [4.78, 5) is 0. The first-order chi connectivity index (χ1) is 8.92. The van der Waals surface area contributed by atoms with Gasteiger partial charge in [0.15, 0.2) is 11.5 Å². The van der Waals surface area contributed by atoms with Crippen LogP contribution in [0.3, 0.4) is 0 Å². The summed E-state index contributed by atoms with van der Waals surface area (Å²) in [6, 6.07) is 5.89. The van der Waals surface area contributed by atoms with Crippen molar-refractivity contribution in [3.8, 4) is 11.5 Å². The minimum absolute atomic E-state index is 0.215. The fraction of sp³-hybridized carbons (Fsp3) is 0.538. The second-order valence-corrected chi connectivity index (χ2v) is 4.34. The first-order valence-corrected chi connectivity index (χ1v) is 6.25. The van der Waals surface area contributed by atoms with Gasteiger partial charge in [0, 0.05) is 18.3 Å². The molecule has 0 amide bonds. The smallest absolute Gasteiger partial charge is 0.163 e. The highest BCUT2D eigenvalue weighted by Gasteiger charge is 2.15. The molecule has 1 unspecified atom stereocenters. The molecule has 5 nitrogen and oxygen atoms in total. The molecule has 0 radical (unpaired) electrons. The van der Waals surface area contributed by atoms with E-state index in [-0.39, 0.29) is 6.10 Å². The monoisotopic (exact) mass is 251 g/mol. The number of ether oxygens (including phenoxy) is 4. The molecule has 0 bridgehead atoms. The van der Waals surface area contributed by atoms with Crippen LogP contribution < -0.4 is 14.8 Å². The second kappa shape index (κ2) is 5.46. The van der Waals surface area contributed by atoms with E-state index in [4.69, 9.17) is 18.9 Å². The van der Waals surface area contributed by atoms with E-state index in [0.29, 0.717) is 20.0 Å². The molecule has 1 saturated heterocycles. The standard InChI is InChI=1S/C13H17NO4/c1-2-12-13(17-6-5-16-12)7-10(1)14-8-11-3-4-15-9-18-11/h1-2,7,11,14H,3-6,8-9H2. The highest BCUT2D eigenvalue weighted by molar-refractivity contribution is 5.55. The van der Waals surface area contributed by atoms with Gasteiger partial charge in [-0.05, 0) is 18.6 Å². The number of benzene rings is 1. The van der Waals surface area contributed by atoms with Gasteiger partial charge in [-0.1, -0.05) is 0 Å². The van der Waals surface area contributed by atoms with Gasteiger partial charge in [-0.3, -0.25) is 0 Å². The zero-order chi connectivity index (χ0) is 12.2. The minimum Gasteiger partial charge on any atom is -0.486 e. The van der Waals surface area contributed by atoms with Crippen molar-refractivity contribution < 1.29 is 18.9 Å². The van der Waals surface area contributed by atoms with E-state index in [1.807, 2.05) is 18.2 Å². The topological polar surface area (TPSA) is 49.0 Å². The predicted octanol–water partition coefficient (Wildman–Crippen LogP) is 1.63. The Hall–Kier alpha value is -1.46. The Labute approximate surface area is 106 Å². The van der Waals surface area contributed by atoms with Crippen LogP contribution in [0.25, 0.3) is 0 Å². The average Bonchev–Trinajstić information content (AvgIpc) is 2.46. The Morgan fingerprint density at radius 3 is 2.83 bits per heavy atom. The van der Waals surface area contributed by atoms with Crippen LogP contribution in [0.15, 0.2) is 18.2 Å². The van der Waals surface area contributed by atoms with Crippen LogP contribution in [0.2, 0.25) is 0 Å². The lowest BCUT2D eigenvalue weighted by Gasteiger charge is -2.24. The third-order valence-corrected chi connectivity index (χ3v) is 3.05. The highest BCUT2D eigenvalue weighted by Crippen LogP contribution is 2.32. The summed E-state index contributed by atoms with van der Waals surface area (Å²) in [6.07, 6.45) is 1.14. The van der Waals surface area contributed by atoms with Gasteiger partial charge in [0.05, 0.1) is 12.7 Å². The van der Waals surface area contributed by atoms with Crippen molar-refractivity contribution in [1.29, 1.82) is 0 Å². The molecular weight excluding hydrogens is 234 g/mol. The van der Waals surface area contributed by atoms with Crippen molar-refractivity contribution in [2.24, 2.45) is 0 Å². The third-order valence-electron chi connectivity index (χ3n) is 3.05. The Morgan fingerprint density at radius 1 is 1.11 bits per heavy atom. The maximum atomic E-state index is 5.54. The van der Waals surface area contributed by atoms with Crippen LogP contribution in [0.4, 0.5) is 5.69 Å². The first-order valence-electron chi connectivity index (χ1n) is 6.25. The molecule has 1 aromatic carbocycles. The Balaban J connectivity index is 1.58. The summed E-state index contributed by atoms with van der Waals surface area (Å²) in [5.74, 6) is 1.62. The number of hydrogen-bond acceptors (Lipinski definition) is 5. The Kier molecular flexibility index (Phi) is 3.52. The third kappa shape index (κ3) is 2.68. The molecule has 2 heterocycles. The summed E-state index contributed by atoms with van der Waals surface area (Å²) >= 11 is 0. The highest BCUT2D eigenvalue weighted by atomic mass is 16.7. The molecule has 2 aliphatic heterocycles. The van der Waals surface area contributed by atoms with Gasteiger partial charge in [0.1, 0.15) is 20.0 Å². The molecule has 3 rings (SSSR count). The number of nitrogens with one attached hydrogen (secondary N) is 1. The van der Waals surface area contributed by atoms with E-state index >= 15 is 0 Å². The number of anilines is 1. The minimum atomic E-state index is 0.215. The van der Waals surface area contributed by atoms with Crippen LogP contribution >= 0.6 is 0 Å². The van der Waals surface area contributed by atoms with Gasteiger partial charge < -0.3 is 24.3 Å². The summed E-state index contributed by atoms with van der Waals surface area (Å²) in [7, 11) is 0. The fourth-order valence-electron chi connectivity index (χ4n) is 2.05. The van der Waals surface area contributed by atoms with E-state index in [1.54, 1.807) is 0 Å². The van der Waals surface area contributed by atoms with Gasteiger partial charge in [-0.15, -0.1) is 0 Å². The summed E-state index contributed by atoms with van der Waals surface area (Å²) in [5.41, 5.74) is 1.02. The van der Waals surface area contributed by atoms with Crippen molar-refractivity contribution in [3.05, 3.63) is 18.2 Å². The molecule has 0 spiro atoms. The summed E-state index contributed by atoms with van der Waals surface area (Å²) in [5, 5.41) is 3.35. The molecule has 98 valence electrons. The average molecular weight is 251 g/mol. The van der Waals surface area contributed by atoms with Crippen LogP contribution in [-0.4, -0.2) is 39.3 Å². The van der Waals surface area contributed by atoms with E-state index in [2.05, 4.69) is 5.32 Å². The molecule has 0 aliphatic carbocycles. The maximum absolute atomic E-state index is 5.54. The van der Waals surface area contributed by atoms with Crippen molar-refractivity contribution in [3.63, 3.8) is 0 Å². The van der Waals surface area contributed by atoms with Gasteiger partial charge in [0.25, 0.3) is 0 Å². The molecule has 1 N–H and O–H groups in total. The van der Waals surface area contributed by atoms with Crippen molar-refractivity contribution in [2.75, 3.05) is 38.5 Å². The Bertz CT molecular complexity index is 404. The van der Waals surface area contributed by atoms with Crippen LogP contribution in [0.5, 0.6) is 11.5 Å². The molecule has 1 aromatic rings. The van der Waals surface area contributed by atoms with Crippen molar-refractivity contribution >= 4 is 5.69 Å². The maximum Gasteiger partial charge on any atom is 0.163 e. The van der Waals surface area contributed by atoms with E-state index in [1.165, 1.54) is 0 Å². The number of fused-ring (bicyclic) bond motifs is 1. The lowest BCUT2D eigenvalue weighted by atomic mass is 10.2. The zero-order valence-electron chi connectivity index (χ0n) is 10.2. The van der Waals surface area contributed by atoms with Crippen LogP contribution in [-0.2, 0) is 9.47 Å². The SMILES string of the molecule is c1cc2c(cc1NCC1CCOCO1)OCCO2. The van der Waals surface area contributed by atoms with Crippen LogP contribution in [0.1, 0.15) is 6.42 Å². The Morgan fingerprint density at radius 2 is 2.00 bits per heavy atom. The lowest BCUT2D eigenvalue weighted by molar-refractivity contribution is -0.133. The summed E-state index contributed by atoms with van der Waals surface area (Å²) < 4.78 is 21.6. The van der Waals surface area contributed by atoms with Gasteiger partial charge in [0.2, 0.25) is 0 Å². The largest absolute Gasteiger partial charge is 0.486 e.